The van der Waals surface area contributed by atoms with E-state index in [1.54, 1.807) is 30.9 Å². The standard InChI is InChI=1S/C8H8ClNO2.C3H4N2/c9-5-1-2-6-8(7(5)10)12-4-3-11-6;1-2-5-3-4-1/h1-2H,3-4,10H2;1-3H,(H,4,5). The van der Waals surface area contributed by atoms with Crippen LogP contribution in [0.2, 0.25) is 5.02 Å². The molecule has 0 spiro atoms. The molecule has 3 rings (SSSR count). The zero-order valence-corrected chi connectivity index (χ0v) is 9.78. The first kappa shape index (κ1) is 11.6. The molecule has 1 aromatic heterocycles. The molecule has 0 bridgehead atoms. The maximum Gasteiger partial charge on any atom is 0.185 e. The van der Waals surface area contributed by atoms with Crippen LogP contribution < -0.4 is 15.2 Å². The average Bonchev–Trinajstić information content (AvgIpc) is 2.93. The zero-order valence-electron chi connectivity index (χ0n) is 9.02. The molecule has 0 fully saturated rings. The number of rotatable bonds is 0. The maximum absolute atomic E-state index is 5.79. The van der Waals surface area contributed by atoms with Gasteiger partial charge in [0.2, 0.25) is 0 Å². The first-order valence-electron chi connectivity index (χ1n) is 5.05. The van der Waals surface area contributed by atoms with E-state index in [0.29, 0.717) is 35.4 Å². The summed E-state index contributed by atoms with van der Waals surface area (Å²) in [6.45, 7) is 1.09. The normalized spacial score (nSPS) is 12.5. The van der Waals surface area contributed by atoms with E-state index >= 15 is 0 Å². The van der Waals surface area contributed by atoms with Crippen LogP contribution in [0.4, 0.5) is 5.69 Å². The molecule has 1 aliphatic rings. The maximum atomic E-state index is 5.79. The Hall–Kier alpha value is -1.88. The van der Waals surface area contributed by atoms with Crippen LogP contribution in [0.25, 0.3) is 0 Å². The van der Waals surface area contributed by atoms with Crippen molar-refractivity contribution in [3.63, 3.8) is 0 Å². The number of aromatic amines is 1. The molecule has 6 heteroatoms. The third-order valence-corrected chi connectivity index (χ3v) is 2.43. The van der Waals surface area contributed by atoms with E-state index in [2.05, 4.69) is 9.97 Å². The fourth-order valence-electron chi connectivity index (χ4n) is 1.33. The largest absolute Gasteiger partial charge is 0.486 e. The molecule has 2 heterocycles. The molecule has 0 aliphatic carbocycles. The predicted octanol–water partition coefficient (Wildman–Crippen LogP) is 2.10. The number of fused-ring (bicyclic) bond motifs is 1. The lowest BCUT2D eigenvalue weighted by Crippen LogP contribution is -2.16. The van der Waals surface area contributed by atoms with Gasteiger partial charge in [0.05, 0.1) is 17.0 Å². The predicted molar refractivity (Wildman–Crippen MR) is 65.4 cm³/mol. The molecule has 0 unspecified atom stereocenters. The number of nitrogen functional groups attached to an aromatic ring is 1. The van der Waals surface area contributed by atoms with Gasteiger partial charge in [-0.2, -0.15) is 0 Å². The van der Waals surface area contributed by atoms with Crippen LogP contribution in [0.15, 0.2) is 30.9 Å². The van der Waals surface area contributed by atoms with Crippen molar-refractivity contribution >= 4 is 17.3 Å². The number of aromatic nitrogens is 2. The van der Waals surface area contributed by atoms with E-state index in [-0.39, 0.29) is 0 Å². The van der Waals surface area contributed by atoms with Crippen molar-refractivity contribution in [2.45, 2.75) is 0 Å². The first-order chi connectivity index (χ1) is 8.29. The molecule has 0 radical (unpaired) electrons. The van der Waals surface area contributed by atoms with E-state index in [9.17, 15) is 0 Å². The van der Waals surface area contributed by atoms with E-state index in [1.807, 2.05) is 0 Å². The Morgan fingerprint density at radius 2 is 2.12 bits per heavy atom. The lowest BCUT2D eigenvalue weighted by Gasteiger charge is -2.19. The smallest absolute Gasteiger partial charge is 0.185 e. The summed E-state index contributed by atoms with van der Waals surface area (Å²) in [5.41, 5.74) is 6.12. The minimum Gasteiger partial charge on any atom is -0.486 e. The fourth-order valence-corrected chi connectivity index (χ4v) is 1.48. The molecular weight excluding hydrogens is 242 g/mol. The summed E-state index contributed by atoms with van der Waals surface area (Å²) in [5, 5.41) is 0.499. The van der Waals surface area contributed by atoms with Gasteiger partial charge in [-0.05, 0) is 12.1 Å². The van der Waals surface area contributed by atoms with Crippen molar-refractivity contribution in [1.29, 1.82) is 0 Å². The van der Waals surface area contributed by atoms with Crippen LogP contribution in [0.1, 0.15) is 0 Å². The highest BCUT2D eigenvalue weighted by Gasteiger charge is 2.15. The molecule has 0 atom stereocenters. The summed E-state index contributed by atoms with van der Waals surface area (Å²) in [4.78, 5) is 6.42. The summed E-state index contributed by atoms with van der Waals surface area (Å²) >= 11 is 5.79. The minimum atomic E-state index is 0.453. The molecule has 90 valence electrons. The van der Waals surface area contributed by atoms with Crippen molar-refractivity contribution in [1.82, 2.24) is 9.97 Å². The van der Waals surface area contributed by atoms with Crippen molar-refractivity contribution in [2.75, 3.05) is 18.9 Å². The number of benzene rings is 1. The fraction of sp³-hybridized carbons (Fsp3) is 0.182. The summed E-state index contributed by atoms with van der Waals surface area (Å²) in [5.74, 6) is 1.23. The highest BCUT2D eigenvalue weighted by molar-refractivity contribution is 6.33. The second kappa shape index (κ2) is 5.45. The van der Waals surface area contributed by atoms with Gasteiger partial charge in [0.15, 0.2) is 11.5 Å². The number of nitrogens with two attached hydrogens (primary N) is 1. The molecule has 0 saturated carbocycles. The van der Waals surface area contributed by atoms with E-state index < -0.39 is 0 Å². The Bertz CT molecular complexity index is 457. The summed E-state index contributed by atoms with van der Waals surface area (Å²) < 4.78 is 10.6. The Kier molecular flexibility index (Phi) is 3.72. The topological polar surface area (TPSA) is 73.2 Å². The first-order valence-corrected chi connectivity index (χ1v) is 5.43. The third kappa shape index (κ3) is 2.82. The van der Waals surface area contributed by atoms with Crippen LogP contribution >= 0.6 is 11.6 Å². The monoisotopic (exact) mass is 253 g/mol. The summed E-state index contributed by atoms with van der Waals surface area (Å²) in [7, 11) is 0. The van der Waals surface area contributed by atoms with Crippen molar-refractivity contribution < 1.29 is 9.47 Å². The number of nitrogens with one attached hydrogen (secondary N) is 1. The van der Waals surface area contributed by atoms with Gasteiger partial charge in [0.25, 0.3) is 0 Å². The van der Waals surface area contributed by atoms with Crippen molar-refractivity contribution in [2.24, 2.45) is 0 Å². The van der Waals surface area contributed by atoms with E-state index in [1.165, 1.54) is 0 Å². The quantitative estimate of drug-likeness (QED) is 0.705. The SMILES string of the molecule is Nc1c(Cl)ccc2c1OCCO2.c1c[nH]cn1. The van der Waals surface area contributed by atoms with E-state index in [4.69, 9.17) is 26.8 Å². The summed E-state index contributed by atoms with van der Waals surface area (Å²) in [6.07, 6.45) is 5.08. The molecule has 5 nitrogen and oxygen atoms in total. The molecule has 1 aliphatic heterocycles. The highest BCUT2D eigenvalue weighted by Crippen LogP contribution is 2.39. The van der Waals surface area contributed by atoms with Gasteiger partial charge in [0, 0.05) is 12.4 Å². The van der Waals surface area contributed by atoms with Crippen molar-refractivity contribution in [3.8, 4) is 11.5 Å². The molecule has 0 amide bonds. The van der Waals surface area contributed by atoms with E-state index in [0.717, 1.165) is 0 Å². The number of halogens is 1. The highest BCUT2D eigenvalue weighted by atomic mass is 35.5. The van der Waals surface area contributed by atoms with Gasteiger partial charge >= 0.3 is 0 Å². The van der Waals surface area contributed by atoms with Crippen LogP contribution in [0.3, 0.4) is 0 Å². The zero-order chi connectivity index (χ0) is 12.1. The Morgan fingerprint density at radius 3 is 2.76 bits per heavy atom. The lowest BCUT2D eigenvalue weighted by atomic mass is 10.2. The molecule has 2 aromatic rings. The average molecular weight is 254 g/mol. The molecule has 3 N–H and O–H groups in total. The molecule has 0 saturated heterocycles. The Balaban J connectivity index is 0.000000181. The van der Waals surface area contributed by atoms with Crippen LogP contribution in [0, 0.1) is 0 Å². The second-order valence-corrected chi connectivity index (χ2v) is 3.65. The van der Waals surface area contributed by atoms with Crippen LogP contribution in [0.5, 0.6) is 11.5 Å². The number of ether oxygens (including phenoxy) is 2. The van der Waals surface area contributed by atoms with Gasteiger partial charge in [-0.15, -0.1) is 0 Å². The number of imidazole rings is 1. The number of hydrogen-bond donors (Lipinski definition) is 2. The lowest BCUT2D eigenvalue weighted by molar-refractivity contribution is 0.172. The van der Waals surface area contributed by atoms with Crippen molar-refractivity contribution in [3.05, 3.63) is 35.9 Å². The Labute approximate surface area is 104 Å². The number of anilines is 1. The van der Waals surface area contributed by atoms with Gasteiger partial charge in [-0.1, -0.05) is 11.6 Å². The number of nitrogens with zero attached hydrogens (tertiary/aromatic N) is 1. The van der Waals surface area contributed by atoms with Gasteiger partial charge < -0.3 is 20.2 Å². The Morgan fingerprint density at radius 1 is 1.29 bits per heavy atom. The number of H-pyrrole nitrogens is 1. The second-order valence-electron chi connectivity index (χ2n) is 3.25. The minimum absolute atomic E-state index is 0.453. The molecule has 1 aromatic carbocycles. The molecule has 17 heavy (non-hydrogen) atoms. The van der Waals surface area contributed by atoms with Crippen LogP contribution in [-0.4, -0.2) is 23.2 Å². The van der Waals surface area contributed by atoms with Gasteiger partial charge in [0.1, 0.15) is 13.2 Å². The van der Waals surface area contributed by atoms with Crippen LogP contribution in [-0.2, 0) is 0 Å². The third-order valence-electron chi connectivity index (χ3n) is 2.10. The summed E-state index contributed by atoms with van der Waals surface area (Å²) in [6, 6.07) is 3.46. The molecular formula is C11H12ClN3O2. The number of hydrogen-bond acceptors (Lipinski definition) is 4. The van der Waals surface area contributed by atoms with Gasteiger partial charge in [-0.25, -0.2) is 4.98 Å². The van der Waals surface area contributed by atoms with Gasteiger partial charge in [-0.3, -0.25) is 0 Å².